The van der Waals surface area contributed by atoms with E-state index >= 15 is 0 Å². The van der Waals surface area contributed by atoms with Crippen molar-refractivity contribution in [2.75, 3.05) is 19.8 Å². The number of carbonyl (C=O) groups excluding carboxylic acids is 2. The normalized spacial score (nSPS) is 26.9. The molecule has 1 heterocycles. The lowest BCUT2D eigenvalue weighted by Gasteiger charge is -2.22. The Balaban J connectivity index is 2.28. The van der Waals surface area contributed by atoms with Crippen LogP contribution in [0.2, 0.25) is 0 Å². The minimum absolute atomic E-state index is 0.102. The van der Waals surface area contributed by atoms with Gasteiger partial charge in [-0.15, -0.1) is 0 Å². The van der Waals surface area contributed by atoms with Crippen LogP contribution >= 0.6 is 11.8 Å². The summed E-state index contributed by atoms with van der Waals surface area (Å²) < 4.78 is 0. The molecule has 1 aliphatic heterocycles. The van der Waals surface area contributed by atoms with Gasteiger partial charge in [-0.3, -0.25) is 9.59 Å². The quantitative estimate of drug-likeness (QED) is 0.434. The van der Waals surface area contributed by atoms with Gasteiger partial charge >= 0.3 is 0 Å². The summed E-state index contributed by atoms with van der Waals surface area (Å²) in [4.78, 5) is 21.7. The van der Waals surface area contributed by atoms with Gasteiger partial charge in [0.05, 0.1) is 6.04 Å². The number of rotatable bonds is 8. The fourth-order valence-electron chi connectivity index (χ4n) is 2.28. The van der Waals surface area contributed by atoms with Crippen LogP contribution in [0.15, 0.2) is 0 Å². The lowest BCUT2D eigenvalue weighted by molar-refractivity contribution is -0.120. The highest BCUT2D eigenvalue weighted by Crippen LogP contribution is 2.31. The van der Waals surface area contributed by atoms with Crippen molar-refractivity contribution >= 4 is 24.1 Å². The zero-order valence-electron chi connectivity index (χ0n) is 11.1. The Kier molecular flexibility index (Phi) is 7.12. The van der Waals surface area contributed by atoms with E-state index in [9.17, 15) is 9.59 Å². The molecule has 1 aliphatic rings. The van der Waals surface area contributed by atoms with Gasteiger partial charge in [0.2, 0.25) is 12.3 Å². The van der Waals surface area contributed by atoms with Gasteiger partial charge in [-0.2, -0.15) is 11.8 Å². The Morgan fingerprint density at radius 3 is 2.78 bits per heavy atom. The highest BCUT2D eigenvalue weighted by Gasteiger charge is 2.34. The van der Waals surface area contributed by atoms with Crippen molar-refractivity contribution in [2.45, 2.75) is 43.0 Å². The molecule has 1 saturated heterocycles. The van der Waals surface area contributed by atoms with E-state index in [4.69, 9.17) is 0 Å². The van der Waals surface area contributed by atoms with E-state index in [-0.39, 0.29) is 11.9 Å². The Hall–Kier alpha value is -0.750. The molecule has 1 rings (SSSR count). The lowest BCUT2D eigenvalue weighted by atomic mass is 10.0. The number of hydrogen-bond acceptors (Lipinski definition) is 4. The van der Waals surface area contributed by atoms with E-state index in [0.29, 0.717) is 17.7 Å². The summed E-state index contributed by atoms with van der Waals surface area (Å²) in [5.74, 6) is 1.13. The molecule has 18 heavy (non-hydrogen) atoms. The molecule has 104 valence electrons. The third-order valence-electron chi connectivity index (χ3n) is 3.38. The molecule has 3 unspecified atom stereocenters. The smallest absolute Gasteiger partial charge is 0.219 e. The van der Waals surface area contributed by atoms with Crippen LogP contribution in [-0.4, -0.2) is 49.5 Å². The van der Waals surface area contributed by atoms with Crippen LogP contribution in [-0.2, 0) is 9.59 Å². The highest BCUT2D eigenvalue weighted by atomic mass is 32.2. The molecule has 0 aromatic carbocycles. The van der Waals surface area contributed by atoms with Crippen molar-refractivity contribution in [1.29, 1.82) is 0 Å². The average Bonchev–Trinajstić information content (AvgIpc) is 2.77. The van der Waals surface area contributed by atoms with Gasteiger partial charge in [-0.25, -0.2) is 0 Å². The Bertz CT molecular complexity index is 276. The maximum absolute atomic E-state index is 11.1. The fraction of sp³-hybridized carbons (Fsp3) is 0.833. The first-order valence-corrected chi connectivity index (χ1v) is 7.47. The SMILES string of the molecule is CNC(=O)CCCCC1SCC(NC)C1NC=O. The molecular formula is C12H23N3O2S. The van der Waals surface area contributed by atoms with Gasteiger partial charge in [-0.05, 0) is 19.9 Å². The summed E-state index contributed by atoms with van der Waals surface area (Å²) >= 11 is 1.90. The van der Waals surface area contributed by atoms with E-state index in [0.717, 1.165) is 31.4 Å². The molecule has 0 radical (unpaired) electrons. The number of carbonyl (C=O) groups is 2. The first-order valence-electron chi connectivity index (χ1n) is 6.42. The maximum Gasteiger partial charge on any atom is 0.219 e. The molecule has 3 N–H and O–H groups in total. The summed E-state index contributed by atoms with van der Waals surface area (Å²) in [6.45, 7) is 0. The van der Waals surface area contributed by atoms with Crippen LogP contribution in [0.5, 0.6) is 0 Å². The monoisotopic (exact) mass is 273 g/mol. The summed E-state index contributed by atoms with van der Waals surface area (Å²) in [5, 5.41) is 9.24. The topological polar surface area (TPSA) is 70.2 Å². The number of unbranched alkanes of at least 4 members (excludes halogenated alkanes) is 1. The summed E-state index contributed by atoms with van der Waals surface area (Å²) in [7, 11) is 3.59. The number of nitrogens with one attached hydrogen (secondary N) is 3. The van der Waals surface area contributed by atoms with Gasteiger partial charge < -0.3 is 16.0 Å². The molecule has 0 aliphatic carbocycles. The maximum atomic E-state index is 11.1. The van der Waals surface area contributed by atoms with Crippen LogP contribution in [0.4, 0.5) is 0 Å². The Morgan fingerprint density at radius 1 is 1.39 bits per heavy atom. The van der Waals surface area contributed by atoms with E-state index < -0.39 is 0 Å². The van der Waals surface area contributed by atoms with E-state index in [1.54, 1.807) is 7.05 Å². The average molecular weight is 273 g/mol. The van der Waals surface area contributed by atoms with Crippen LogP contribution in [0.3, 0.4) is 0 Å². The first kappa shape index (κ1) is 15.3. The molecular weight excluding hydrogens is 250 g/mol. The van der Waals surface area contributed by atoms with Crippen molar-refractivity contribution < 1.29 is 9.59 Å². The minimum atomic E-state index is 0.102. The fourth-order valence-corrected chi connectivity index (χ4v) is 3.92. The van der Waals surface area contributed by atoms with Crippen molar-refractivity contribution in [3.63, 3.8) is 0 Å². The van der Waals surface area contributed by atoms with Gasteiger partial charge in [0.15, 0.2) is 0 Å². The second kappa shape index (κ2) is 8.37. The molecule has 0 spiro atoms. The van der Waals surface area contributed by atoms with E-state index in [1.807, 2.05) is 18.8 Å². The number of likely N-dealkylation sites (N-methyl/N-ethyl adjacent to an activating group) is 1. The van der Waals surface area contributed by atoms with Crippen LogP contribution in [0.1, 0.15) is 25.7 Å². The van der Waals surface area contributed by atoms with Gasteiger partial charge in [0, 0.05) is 30.5 Å². The standard InChI is InChI=1S/C12H23N3O2S/c1-13-9-7-18-10(12(9)15-8-16)5-3-4-6-11(17)14-2/h8-10,12-13H,3-7H2,1-2H3,(H,14,17)(H,15,16). The van der Waals surface area contributed by atoms with E-state index in [1.165, 1.54) is 0 Å². The van der Waals surface area contributed by atoms with Crippen molar-refractivity contribution in [2.24, 2.45) is 0 Å². The summed E-state index contributed by atoms with van der Waals surface area (Å²) in [6, 6.07) is 0.557. The predicted molar refractivity (Wildman–Crippen MR) is 74.6 cm³/mol. The second-order valence-corrected chi connectivity index (χ2v) is 5.77. The lowest BCUT2D eigenvalue weighted by Crippen LogP contribution is -2.48. The molecule has 6 heteroatoms. The molecule has 0 aromatic rings. The molecule has 5 nitrogen and oxygen atoms in total. The first-order chi connectivity index (χ1) is 8.72. The molecule has 0 aromatic heterocycles. The van der Waals surface area contributed by atoms with Gasteiger partial charge in [-0.1, -0.05) is 6.42 Å². The molecule has 3 atom stereocenters. The van der Waals surface area contributed by atoms with Gasteiger partial charge in [0.25, 0.3) is 0 Å². The molecule has 2 amide bonds. The minimum Gasteiger partial charge on any atom is -0.359 e. The van der Waals surface area contributed by atoms with Crippen molar-refractivity contribution in [1.82, 2.24) is 16.0 Å². The number of hydrogen-bond donors (Lipinski definition) is 3. The Labute approximate surface area is 113 Å². The molecule has 1 fully saturated rings. The number of thioether (sulfide) groups is 1. The van der Waals surface area contributed by atoms with Crippen LogP contribution in [0, 0.1) is 0 Å². The largest absolute Gasteiger partial charge is 0.359 e. The highest BCUT2D eigenvalue weighted by molar-refractivity contribution is 8.00. The predicted octanol–water partition coefficient (Wildman–Crippen LogP) is 0.111. The third kappa shape index (κ3) is 4.49. The molecule has 0 saturated carbocycles. The third-order valence-corrected chi connectivity index (χ3v) is 4.89. The Morgan fingerprint density at radius 2 is 2.17 bits per heavy atom. The molecule has 0 bridgehead atoms. The zero-order chi connectivity index (χ0) is 13.4. The second-order valence-electron chi connectivity index (χ2n) is 4.50. The zero-order valence-corrected chi connectivity index (χ0v) is 11.9. The van der Waals surface area contributed by atoms with Crippen LogP contribution < -0.4 is 16.0 Å². The van der Waals surface area contributed by atoms with E-state index in [2.05, 4.69) is 16.0 Å². The van der Waals surface area contributed by atoms with Crippen molar-refractivity contribution in [3.8, 4) is 0 Å². The number of amides is 2. The van der Waals surface area contributed by atoms with Gasteiger partial charge in [0.1, 0.15) is 0 Å². The van der Waals surface area contributed by atoms with Crippen LogP contribution in [0.25, 0.3) is 0 Å². The van der Waals surface area contributed by atoms with Crippen molar-refractivity contribution in [3.05, 3.63) is 0 Å². The summed E-state index contributed by atoms with van der Waals surface area (Å²) in [5.41, 5.74) is 0. The summed E-state index contributed by atoms with van der Waals surface area (Å²) in [6.07, 6.45) is 4.37.